The minimum atomic E-state index is -1.24. The number of amides is 3. The van der Waals surface area contributed by atoms with E-state index in [2.05, 4.69) is 4.99 Å². The van der Waals surface area contributed by atoms with Gasteiger partial charge in [-0.05, 0) is 13.8 Å². The van der Waals surface area contributed by atoms with Gasteiger partial charge in [0.25, 0.3) is 5.91 Å². The standard InChI is InChI=1S/C13H15N5O4/c1-6-7(2)18-9-10(14-12(18)15(6)3)16(4)13(22)17(11(9)21)5-8(19)20/h9H,5H2,1-4H3/p+1. The molecule has 1 aromatic rings. The Balaban J connectivity index is 2.15. The van der Waals surface area contributed by atoms with Crippen LogP contribution in [0.2, 0.25) is 0 Å². The number of hydrogen-bond donors (Lipinski definition) is 1. The number of carboxylic acid groups (broad SMARTS) is 1. The number of nitrogens with zero attached hydrogens (tertiary/aromatic N) is 5. The lowest BCUT2D eigenvalue weighted by molar-refractivity contribution is -0.663. The maximum absolute atomic E-state index is 12.6. The summed E-state index contributed by atoms with van der Waals surface area (Å²) in [6, 6.07) is -1.47. The average Bonchev–Trinajstić information content (AvgIpc) is 2.95. The van der Waals surface area contributed by atoms with E-state index in [0.717, 1.165) is 16.3 Å². The summed E-state index contributed by atoms with van der Waals surface area (Å²) in [5.41, 5.74) is 1.81. The Morgan fingerprint density at radius 1 is 1.36 bits per heavy atom. The van der Waals surface area contributed by atoms with Crippen LogP contribution in [-0.2, 0) is 16.6 Å². The lowest BCUT2D eigenvalue weighted by Gasteiger charge is -2.32. The number of carbonyl (C=O) groups excluding carboxylic acids is 2. The van der Waals surface area contributed by atoms with Gasteiger partial charge in [0, 0.05) is 7.05 Å². The van der Waals surface area contributed by atoms with Crippen molar-refractivity contribution in [2.75, 3.05) is 13.6 Å². The topological polar surface area (TPSA) is 99.1 Å². The number of imide groups is 1. The molecule has 1 atom stereocenters. The Morgan fingerprint density at radius 2 is 2.00 bits per heavy atom. The van der Waals surface area contributed by atoms with E-state index in [1.54, 1.807) is 4.57 Å². The number of carbonyl (C=O) groups is 3. The van der Waals surface area contributed by atoms with Gasteiger partial charge in [-0.1, -0.05) is 4.99 Å². The van der Waals surface area contributed by atoms with Crippen molar-refractivity contribution in [2.24, 2.45) is 12.0 Å². The predicted molar refractivity (Wildman–Crippen MR) is 73.7 cm³/mol. The summed E-state index contributed by atoms with van der Waals surface area (Å²) >= 11 is 0. The lowest BCUT2D eigenvalue weighted by atomic mass is 10.1. The predicted octanol–water partition coefficient (Wildman–Crippen LogP) is -0.507. The molecule has 3 amide bonds. The van der Waals surface area contributed by atoms with Gasteiger partial charge in [-0.3, -0.25) is 14.5 Å². The first-order valence-corrected chi connectivity index (χ1v) is 6.72. The van der Waals surface area contributed by atoms with Gasteiger partial charge < -0.3 is 5.11 Å². The Bertz CT molecular complexity index is 763. The molecule has 22 heavy (non-hydrogen) atoms. The van der Waals surface area contributed by atoms with Crippen LogP contribution >= 0.6 is 0 Å². The third kappa shape index (κ3) is 1.62. The second kappa shape index (κ2) is 4.39. The highest BCUT2D eigenvalue weighted by Gasteiger charge is 2.54. The van der Waals surface area contributed by atoms with Crippen molar-refractivity contribution < 1.29 is 24.1 Å². The van der Waals surface area contributed by atoms with E-state index in [9.17, 15) is 14.4 Å². The zero-order valence-corrected chi connectivity index (χ0v) is 12.7. The number of aromatic nitrogens is 2. The summed E-state index contributed by atoms with van der Waals surface area (Å²) < 4.78 is 3.58. The van der Waals surface area contributed by atoms with Gasteiger partial charge in [0.1, 0.15) is 17.9 Å². The second-order valence-corrected chi connectivity index (χ2v) is 5.43. The molecule has 0 aliphatic carbocycles. The van der Waals surface area contributed by atoms with Crippen molar-refractivity contribution in [2.45, 2.75) is 19.9 Å². The number of aliphatic imine (C=N–C) groups is 1. The molecule has 1 aromatic heterocycles. The van der Waals surface area contributed by atoms with E-state index in [1.165, 1.54) is 11.9 Å². The summed E-state index contributed by atoms with van der Waals surface area (Å²) in [7, 11) is 3.32. The molecule has 2 aliphatic heterocycles. The van der Waals surface area contributed by atoms with Gasteiger partial charge in [0.05, 0.1) is 7.05 Å². The molecular weight excluding hydrogens is 290 g/mol. The molecule has 0 saturated carbocycles. The van der Waals surface area contributed by atoms with Crippen LogP contribution < -0.4 is 4.57 Å². The molecule has 116 valence electrons. The lowest BCUT2D eigenvalue weighted by Crippen LogP contribution is -2.58. The number of rotatable bonds is 2. The highest BCUT2D eigenvalue weighted by molar-refractivity contribution is 6.21. The van der Waals surface area contributed by atoms with Crippen LogP contribution in [0.3, 0.4) is 0 Å². The van der Waals surface area contributed by atoms with E-state index in [-0.39, 0.29) is 0 Å². The third-order valence-electron chi connectivity index (χ3n) is 4.28. The number of likely N-dealkylation sites (N-methyl/N-ethyl adjacent to an activating group) is 1. The molecular formula is C13H16N5O4+. The van der Waals surface area contributed by atoms with E-state index in [1.807, 2.05) is 25.5 Å². The van der Waals surface area contributed by atoms with Crippen molar-refractivity contribution in [3.63, 3.8) is 0 Å². The van der Waals surface area contributed by atoms with Crippen molar-refractivity contribution in [3.05, 3.63) is 11.4 Å². The molecule has 3 rings (SSSR count). The van der Waals surface area contributed by atoms with Crippen LogP contribution in [0.15, 0.2) is 4.99 Å². The van der Waals surface area contributed by atoms with Gasteiger partial charge in [-0.15, -0.1) is 0 Å². The summed E-state index contributed by atoms with van der Waals surface area (Å²) in [5, 5.41) is 8.92. The number of urea groups is 1. The molecule has 2 aliphatic rings. The Labute approximate surface area is 126 Å². The van der Waals surface area contributed by atoms with Gasteiger partial charge in [0.15, 0.2) is 0 Å². The fourth-order valence-corrected chi connectivity index (χ4v) is 2.88. The number of carboxylic acids is 1. The van der Waals surface area contributed by atoms with E-state index in [0.29, 0.717) is 11.8 Å². The van der Waals surface area contributed by atoms with Crippen molar-refractivity contribution >= 4 is 29.7 Å². The number of hydrogen-bond acceptors (Lipinski definition) is 4. The second-order valence-electron chi connectivity index (χ2n) is 5.43. The van der Waals surface area contributed by atoms with Gasteiger partial charge >= 0.3 is 17.9 Å². The molecule has 0 spiro atoms. The molecule has 1 N–H and O–H groups in total. The normalized spacial score (nSPS) is 20.2. The van der Waals surface area contributed by atoms with Crippen LogP contribution in [-0.4, -0.2) is 56.8 Å². The summed E-state index contributed by atoms with van der Waals surface area (Å²) in [6.07, 6.45) is 0. The zero-order valence-electron chi connectivity index (χ0n) is 12.7. The number of amidine groups is 1. The summed E-state index contributed by atoms with van der Waals surface area (Å²) in [5.74, 6) is -0.910. The first-order valence-electron chi connectivity index (χ1n) is 6.72. The van der Waals surface area contributed by atoms with Crippen molar-refractivity contribution in [1.29, 1.82) is 0 Å². The van der Waals surface area contributed by atoms with Crippen molar-refractivity contribution in [3.8, 4) is 0 Å². The maximum atomic E-state index is 12.6. The smallest absolute Gasteiger partial charge is 0.401 e. The molecule has 1 unspecified atom stereocenters. The molecule has 1 saturated heterocycles. The summed E-state index contributed by atoms with van der Waals surface area (Å²) in [6.45, 7) is 3.11. The molecule has 9 heteroatoms. The number of imidazole rings is 1. The van der Waals surface area contributed by atoms with Crippen LogP contribution in [0.1, 0.15) is 17.4 Å². The Hall–Kier alpha value is -2.71. The third-order valence-corrected chi connectivity index (χ3v) is 4.28. The minimum absolute atomic E-state index is 0.324. The quantitative estimate of drug-likeness (QED) is 0.744. The van der Waals surface area contributed by atoms with E-state index >= 15 is 0 Å². The minimum Gasteiger partial charge on any atom is -0.480 e. The fourth-order valence-electron chi connectivity index (χ4n) is 2.88. The fraction of sp³-hybridized carbons (Fsp3) is 0.462. The van der Waals surface area contributed by atoms with Crippen LogP contribution in [0.4, 0.5) is 10.7 Å². The van der Waals surface area contributed by atoms with Crippen molar-refractivity contribution in [1.82, 2.24) is 14.4 Å². The molecule has 3 heterocycles. The highest BCUT2D eigenvalue weighted by atomic mass is 16.4. The molecule has 0 aromatic carbocycles. The highest BCUT2D eigenvalue weighted by Crippen LogP contribution is 2.34. The molecule has 0 radical (unpaired) electrons. The van der Waals surface area contributed by atoms with Crippen LogP contribution in [0.25, 0.3) is 0 Å². The van der Waals surface area contributed by atoms with Crippen LogP contribution in [0, 0.1) is 13.8 Å². The van der Waals surface area contributed by atoms with Gasteiger partial charge in [0.2, 0.25) is 11.9 Å². The zero-order chi connectivity index (χ0) is 16.3. The first-order chi connectivity index (χ1) is 10.3. The van der Waals surface area contributed by atoms with Crippen LogP contribution in [0.5, 0.6) is 0 Å². The Morgan fingerprint density at radius 3 is 2.59 bits per heavy atom. The van der Waals surface area contributed by atoms with E-state index in [4.69, 9.17) is 5.11 Å². The molecule has 1 fully saturated rings. The van der Waals surface area contributed by atoms with Gasteiger partial charge in [-0.25, -0.2) is 18.8 Å². The molecule has 9 nitrogen and oxygen atoms in total. The number of fused-ring (bicyclic) bond motifs is 3. The largest absolute Gasteiger partial charge is 0.480 e. The SMILES string of the molecule is Cc1c(C)[n+](C)c2n1C1C(=O)N(CC(=O)O)C(=O)N(C)C1=N2. The first kappa shape index (κ1) is 14.2. The maximum Gasteiger partial charge on any atom is 0.401 e. The van der Waals surface area contributed by atoms with E-state index < -0.39 is 30.5 Å². The summed E-state index contributed by atoms with van der Waals surface area (Å²) in [4.78, 5) is 42.1. The average molecular weight is 306 g/mol. The Kier molecular flexibility index (Phi) is 2.84. The van der Waals surface area contributed by atoms with Gasteiger partial charge in [-0.2, -0.15) is 0 Å². The number of aliphatic carboxylic acids is 1. The monoisotopic (exact) mass is 306 g/mol. The molecule has 0 bridgehead atoms.